The lowest BCUT2D eigenvalue weighted by atomic mass is 10.1. The molecule has 0 aliphatic carbocycles. The van der Waals surface area contributed by atoms with Crippen LogP contribution in [0, 0.1) is 6.92 Å². The highest BCUT2D eigenvalue weighted by atomic mass is 32.2. The molecule has 3 N–H and O–H groups in total. The highest BCUT2D eigenvalue weighted by Crippen LogP contribution is 2.18. The monoisotopic (exact) mass is 311 g/mol. The van der Waals surface area contributed by atoms with E-state index in [9.17, 15) is 13.2 Å². The molecule has 0 radical (unpaired) electrons. The molecule has 116 valence electrons. The van der Waals surface area contributed by atoms with Gasteiger partial charge in [-0.25, -0.2) is 13.1 Å². The van der Waals surface area contributed by atoms with Gasteiger partial charge in [-0.3, -0.25) is 4.79 Å². The second kappa shape index (κ2) is 6.44. The number of nitrogens with two attached hydrogens (primary N) is 1. The van der Waals surface area contributed by atoms with E-state index in [4.69, 9.17) is 5.73 Å². The summed E-state index contributed by atoms with van der Waals surface area (Å²) in [7, 11) is -3.72. The molecule has 0 atom stereocenters. The molecule has 0 saturated carbocycles. The van der Waals surface area contributed by atoms with Crippen molar-refractivity contribution in [2.75, 3.05) is 25.4 Å². The molecule has 1 aromatic carbocycles. The first-order valence-electron chi connectivity index (χ1n) is 7.04. The summed E-state index contributed by atoms with van der Waals surface area (Å²) < 4.78 is 26.9. The van der Waals surface area contributed by atoms with E-state index >= 15 is 0 Å². The lowest BCUT2D eigenvalue weighted by Gasteiger charge is -2.26. The van der Waals surface area contributed by atoms with E-state index in [2.05, 4.69) is 4.72 Å². The molecule has 6 nitrogen and oxygen atoms in total. The first-order valence-corrected chi connectivity index (χ1v) is 8.52. The fourth-order valence-electron chi connectivity index (χ4n) is 2.40. The van der Waals surface area contributed by atoms with Gasteiger partial charge in [0.25, 0.3) is 0 Å². The molecule has 21 heavy (non-hydrogen) atoms. The maximum absolute atomic E-state index is 12.3. The van der Waals surface area contributed by atoms with Gasteiger partial charge in [-0.05, 0) is 43.9 Å². The third-order valence-electron chi connectivity index (χ3n) is 3.62. The van der Waals surface area contributed by atoms with E-state index in [0.29, 0.717) is 24.3 Å². The molecule has 1 saturated heterocycles. The molecule has 1 aliphatic heterocycles. The first kappa shape index (κ1) is 15.8. The van der Waals surface area contributed by atoms with E-state index in [-0.39, 0.29) is 17.3 Å². The molecule has 0 aromatic heterocycles. The van der Waals surface area contributed by atoms with Crippen molar-refractivity contribution in [2.45, 2.75) is 31.1 Å². The normalized spacial score (nSPS) is 16.0. The van der Waals surface area contributed by atoms with Crippen molar-refractivity contribution in [3.8, 4) is 0 Å². The SMILES string of the molecule is Cc1ccc(N)cc1S(=O)(=O)NCC(=O)N1CCCCC1. The Labute approximate surface area is 125 Å². The van der Waals surface area contributed by atoms with E-state index < -0.39 is 10.0 Å². The van der Waals surface area contributed by atoms with Gasteiger partial charge in [-0.15, -0.1) is 0 Å². The van der Waals surface area contributed by atoms with Crippen LogP contribution in [0.1, 0.15) is 24.8 Å². The standard InChI is InChI=1S/C14H21N3O3S/c1-11-5-6-12(15)9-13(11)21(19,20)16-10-14(18)17-7-3-2-4-8-17/h5-6,9,16H,2-4,7-8,10,15H2,1H3. The first-order chi connectivity index (χ1) is 9.90. The molecular weight excluding hydrogens is 290 g/mol. The summed E-state index contributed by atoms with van der Waals surface area (Å²) in [6, 6.07) is 4.70. The predicted octanol–water partition coefficient (Wildman–Crippen LogP) is 0.868. The summed E-state index contributed by atoms with van der Waals surface area (Å²) >= 11 is 0. The molecule has 1 aromatic rings. The van der Waals surface area contributed by atoms with Gasteiger partial charge < -0.3 is 10.6 Å². The van der Waals surface area contributed by atoms with Gasteiger partial charge in [0.1, 0.15) is 0 Å². The van der Waals surface area contributed by atoms with Crippen molar-refractivity contribution in [2.24, 2.45) is 0 Å². The van der Waals surface area contributed by atoms with Crippen molar-refractivity contribution in [3.05, 3.63) is 23.8 Å². The molecule has 1 aliphatic rings. The zero-order valence-electron chi connectivity index (χ0n) is 12.1. The van der Waals surface area contributed by atoms with Crippen LogP contribution in [0.15, 0.2) is 23.1 Å². The molecule has 1 fully saturated rings. The van der Waals surface area contributed by atoms with Crippen LogP contribution >= 0.6 is 0 Å². The highest BCUT2D eigenvalue weighted by Gasteiger charge is 2.21. The Hall–Kier alpha value is -1.60. The average molecular weight is 311 g/mol. The number of carbonyl (C=O) groups is 1. The number of hydrogen-bond donors (Lipinski definition) is 2. The fraction of sp³-hybridized carbons (Fsp3) is 0.500. The van der Waals surface area contributed by atoms with Gasteiger partial charge in [0.15, 0.2) is 0 Å². The van der Waals surface area contributed by atoms with Gasteiger partial charge in [0, 0.05) is 18.8 Å². The maximum Gasteiger partial charge on any atom is 0.241 e. The van der Waals surface area contributed by atoms with Crippen LogP contribution in [0.5, 0.6) is 0 Å². The Morgan fingerprint density at radius 2 is 1.95 bits per heavy atom. The summed E-state index contributed by atoms with van der Waals surface area (Å²) in [6.07, 6.45) is 3.08. The zero-order valence-corrected chi connectivity index (χ0v) is 12.9. The van der Waals surface area contributed by atoms with Crippen LogP contribution < -0.4 is 10.5 Å². The largest absolute Gasteiger partial charge is 0.399 e. The zero-order chi connectivity index (χ0) is 15.5. The highest BCUT2D eigenvalue weighted by molar-refractivity contribution is 7.89. The number of carbonyl (C=O) groups excluding carboxylic acids is 1. The topological polar surface area (TPSA) is 92.5 Å². The molecule has 1 heterocycles. The molecule has 0 bridgehead atoms. The predicted molar refractivity (Wildman–Crippen MR) is 81.2 cm³/mol. The number of piperidine rings is 1. The minimum absolute atomic E-state index is 0.119. The average Bonchev–Trinajstić information content (AvgIpc) is 2.48. The molecule has 0 unspecified atom stereocenters. The van der Waals surface area contributed by atoms with Crippen LogP contribution in [-0.2, 0) is 14.8 Å². The third kappa shape index (κ3) is 3.95. The summed E-state index contributed by atoms with van der Waals surface area (Å²) in [5.74, 6) is -0.181. The van der Waals surface area contributed by atoms with Crippen LogP contribution in [0.25, 0.3) is 0 Å². The number of aryl methyl sites for hydroxylation is 1. The molecule has 7 heteroatoms. The molecule has 1 amide bonds. The van der Waals surface area contributed by atoms with E-state index in [1.807, 2.05) is 0 Å². The van der Waals surface area contributed by atoms with Gasteiger partial charge >= 0.3 is 0 Å². The number of anilines is 1. The van der Waals surface area contributed by atoms with Crippen molar-refractivity contribution in [1.29, 1.82) is 0 Å². The van der Waals surface area contributed by atoms with Crippen molar-refractivity contribution in [3.63, 3.8) is 0 Å². The number of amides is 1. The third-order valence-corrected chi connectivity index (χ3v) is 5.17. The number of sulfonamides is 1. The number of nitrogens with zero attached hydrogens (tertiary/aromatic N) is 1. The number of hydrogen-bond acceptors (Lipinski definition) is 4. The molecule has 0 spiro atoms. The van der Waals surface area contributed by atoms with E-state index in [1.165, 1.54) is 6.07 Å². The second-order valence-electron chi connectivity index (χ2n) is 5.29. The summed E-state index contributed by atoms with van der Waals surface area (Å²) in [5, 5.41) is 0. The van der Waals surface area contributed by atoms with Crippen molar-refractivity contribution in [1.82, 2.24) is 9.62 Å². The summed E-state index contributed by atoms with van der Waals surface area (Å²) in [5.41, 5.74) is 6.61. The van der Waals surface area contributed by atoms with Crippen molar-refractivity contribution >= 4 is 21.6 Å². The number of benzene rings is 1. The van der Waals surface area contributed by atoms with Crippen LogP contribution in [0.2, 0.25) is 0 Å². The lowest BCUT2D eigenvalue weighted by molar-refractivity contribution is -0.130. The van der Waals surface area contributed by atoms with E-state index in [1.54, 1.807) is 24.0 Å². The van der Waals surface area contributed by atoms with Crippen LogP contribution in [0.4, 0.5) is 5.69 Å². The summed E-state index contributed by atoms with van der Waals surface area (Å²) in [6.45, 7) is 2.90. The Morgan fingerprint density at radius 1 is 1.29 bits per heavy atom. The van der Waals surface area contributed by atoms with Gasteiger partial charge in [0.2, 0.25) is 15.9 Å². The Morgan fingerprint density at radius 3 is 2.62 bits per heavy atom. The Kier molecular flexibility index (Phi) is 4.84. The minimum Gasteiger partial charge on any atom is -0.399 e. The van der Waals surface area contributed by atoms with Crippen LogP contribution in [-0.4, -0.2) is 38.9 Å². The van der Waals surface area contributed by atoms with Gasteiger partial charge in [-0.2, -0.15) is 0 Å². The fourth-order valence-corrected chi connectivity index (χ4v) is 3.65. The maximum atomic E-state index is 12.3. The number of rotatable bonds is 4. The molecular formula is C14H21N3O3S. The summed E-state index contributed by atoms with van der Waals surface area (Å²) in [4.78, 5) is 13.8. The quantitative estimate of drug-likeness (QED) is 0.807. The number of likely N-dealkylation sites (tertiary alicyclic amines) is 1. The molecule has 2 rings (SSSR count). The van der Waals surface area contributed by atoms with Crippen molar-refractivity contribution < 1.29 is 13.2 Å². The second-order valence-corrected chi connectivity index (χ2v) is 7.03. The smallest absolute Gasteiger partial charge is 0.241 e. The van der Waals surface area contributed by atoms with Gasteiger partial charge in [-0.1, -0.05) is 6.07 Å². The Bertz CT molecular complexity index is 622. The number of nitrogens with one attached hydrogen (secondary N) is 1. The van der Waals surface area contributed by atoms with E-state index in [0.717, 1.165) is 19.3 Å². The van der Waals surface area contributed by atoms with Crippen LogP contribution in [0.3, 0.4) is 0 Å². The Balaban J connectivity index is 2.04. The minimum atomic E-state index is -3.72. The lowest BCUT2D eigenvalue weighted by Crippen LogP contribution is -2.42. The number of nitrogen functional groups attached to an aromatic ring is 1. The van der Waals surface area contributed by atoms with Gasteiger partial charge in [0.05, 0.1) is 11.4 Å².